The van der Waals surface area contributed by atoms with E-state index < -0.39 is 29.2 Å². The van der Waals surface area contributed by atoms with Crippen LogP contribution in [-0.2, 0) is 22.6 Å². The van der Waals surface area contributed by atoms with Gasteiger partial charge in [0.2, 0.25) is 12.7 Å². The van der Waals surface area contributed by atoms with Crippen LogP contribution in [0, 0.1) is 5.41 Å². The van der Waals surface area contributed by atoms with Gasteiger partial charge in [0.15, 0.2) is 11.5 Å². The van der Waals surface area contributed by atoms with E-state index in [1.165, 1.54) is 4.90 Å². The zero-order chi connectivity index (χ0) is 34.1. The van der Waals surface area contributed by atoms with Crippen LogP contribution < -0.4 is 14.8 Å². The van der Waals surface area contributed by atoms with Crippen LogP contribution in [0.3, 0.4) is 0 Å². The van der Waals surface area contributed by atoms with Crippen molar-refractivity contribution < 1.29 is 33.7 Å². The number of hydrogen-bond donors (Lipinski definition) is 3. The number of H-pyrrole nitrogens is 1. The molecule has 6 rings (SSSR count). The molecule has 12 nitrogen and oxygen atoms in total. The zero-order valence-corrected chi connectivity index (χ0v) is 29.1. The maximum Gasteiger partial charge on any atom is 0.408 e. The molecule has 0 saturated carbocycles. The van der Waals surface area contributed by atoms with Crippen LogP contribution in [0.25, 0.3) is 11.3 Å². The number of aromatic nitrogens is 2. The Balaban J connectivity index is 0.000000238. The van der Waals surface area contributed by atoms with Gasteiger partial charge in [-0.25, -0.2) is 14.6 Å². The Hall–Kier alpha value is -4.26. The first-order valence-corrected chi connectivity index (χ1v) is 16.4. The molecule has 3 amide bonds. The van der Waals surface area contributed by atoms with Crippen molar-refractivity contribution in [3.05, 3.63) is 64.0 Å². The topological polar surface area (TPSA) is 146 Å². The molecule has 3 aromatic rings. The molecule has 1 saturated heterocycles. The summed E-state index contributed by atoms with van der Waals surface area (Å²) in [5.74, 6) is 2.06. The van der Waals surface area contributed by atoms with Gasteiger partial charge >= 0.3 is 12.2 Å². The SMILES string of the molecule is CC(C)(C)OC(=O)NC(C(=O)N1CCCC1c1ncc(-c2ccc(Br)cc2)[nH]1)C(C)(C)C.O=C(O)N1Cc2cc3c(cc2C1)OCO3. The smallest absolute Gasteiger partial charge is 0.408 e. The minimum Gasteiger partial charge on any atom is -0.465 e. The number of carbonyl (C=O) groups excluding carboxylic acids is 2. The monoisotopic (exact) mass is 711 g/mol. The Labute approximate surface area is 282 Å². The van der Waals surface area contributed by atoms with Crippen molar-refractivity contribution in [1.82, 2.24) is 25.1 Å². The summed E-state index contributed by atoms with van der Waals surface area (Å²) < 4.78 is 16.9. The maximum atomic E-state index is 13.6. The number of hydrogen-bond acceptors (Lipinski definition) is 7. The lowest BCUT2D eigenvalue weighted by Gasteiger charge is -2.35. The van der Waals surface area contributed by atoms with Crippen molar-refractivity contribution in [2.75, 3.05) is 13.3 Å². The van der Waals surface area contributed by atoms with Crippen LogP contribution in [0.2, 0.25) is 0 Å². The average Bonchev–Trinajstić information content (AvgIpc) is 3.79. The van der Waals surface area contributed by atoms with E-state index >= 15 is 0 Å². The third kappa shape index (κ3) is 8.19. The quantitative estimate of drug-likeness (QED) is 0.266. The highest BCUT2D eigenvalue weighted by Crippen LogP contribution is 2.38. The number of fused-ring (bicyclic) bond motifs is 2. The van der Waals surface area contributed by atoms with Gasteiger partial charge in [-0.2, -0.15) is 0 Å². The number of imidazole rings is 1. The van der Waals surface area contributed by atoms with Gasteiger partial charge in [-0.3, -0.25) is 9.69 Å². The predicted molar refractivity (Wildman–Crippen MR) is 178 cm³/mol. The third-order valence-corrected chi connectivity index (χ3v) is 8.59. The molecule has 2 aromatic carbocycles. The number of aromatic amines is 1. The summed E-state index contributed by atoms with van der Waals surface area (Å²) in [7, 11) is 0. The van der Waals surface area contributed by atoms with E-state index in [1.807, 2.05) is 62.1 Å². The fourth-order valence-electron chi connectivity index (χ4n) is 5.76. The number of alkyl carbamates (subject to hydrolysis) is 1. The van der Waals surface area contributed by atoms with E-state index in [9.17, 15) is 14.4 Å². The van der Waals surface area contributed by atoms with Gasteiger partial charge in [0.05, 0.1) is 17.9 Å². The Morgan fingerprint density at radius 1 is 1.04 bits per heavy atom. The summed E-state index contributed by atoms with van der Waals surface area (Å²) in [4.78, 5) is 48.0. The van der Waals surface area contributed by atoms with E-state index in [0.717, 1.165) is 45.5 Å². The largest absolute Gasteiger partial charge is 0.465 e. The van der Waals surface area contributed by atoms with Gasteiger partial charge in [-0.15, -0.1) is 0 Å². The third-order valence-electron chi connectivity index (χ3n) is 8.06. The van der Waals surface area contributed by atoms with Gasteiger partial charge in [-0.1, -0.05) is 48.8 Å². The molecule has 47 heavy (non-hydrogen) atoms. The molecule has 0 aliphatic carbocycles. The van der Waals surface area contributed by atoms with E-state index in [2.05, 4.69) is 31.2 Å². The Morgan fingerprint density at radius 3 is 2.21 bits per heavy atom. The van der Waals surface area contributed by atoms with E-state index in [-0.39, 0.29) is 18.7 Å². The number of benzene rings is 2. The normalized spacial score (nSPS) is 17.5. The van der Waals surface area contributed by atoms with Crippen molar-refractivity contribution in [3.63, 3.8) is 0 Å². The fourth-order valence-corrected chi connectivity index (χ4v) is 6.02. The van der Waals surface area contributed by atoms with Crippen molar-refractivity contribution in [2.24, 2.45) is 5.41 Å². The van der Waals surface area contributed by atoms with Crippen LogP contribution >= 0.6 is 15.9 Å². The molecule has 0 bridgehead atoms. The van der Waals surface area contributed by atoms with Crippen molar-refractivity contribution in [2.45, 2.75) is 85.2 Å². The first-order chi connectivity index (χ1) is 22.1. The number of carbonyl (C=O) groups is 3. The van der Waals surface area contributed by atoms with Gasteiger partial charge in [-0.05, 0) is 80.0 Å². The molecular weight excluding hydrogens is 670 g/mol. The molecule has 3 aliphatic rings. The maximum absolute atomic E-state index is 13.6. The summed E-state index contributed by atoms with van der Waals surface area (Å²) in [6.07, 6.45) is 2.03. The number of amides is 3. The lowest BCUT2D eigenvalue weighted by atomic mass is 9.85. The molecule has 13 heteroatoms. The molecule has 252 valence electrons. The Morgan fingerprint density at radius 2 is 1.66 bits per heavy atom. The van der Waals surface area contributed by atoms with Gasteiger partial charge < -0.3 is 34.5 Å². The number of likely N-dealkylation sites (tertiary alicyclic amines) is 1. The number of ether oxygens (including phenoxy) is 3. The van der Waals surface area contributed by atoms with Crippen molar-refractivity contribution >= 4 is 34.0 Å². The number of nitrogens with zero attached hydrogens (tertiary/aromatic N) is 3. The second-order valence-corrected chi connectivity index (χ2v) is 14.9. The van der Waals surface area contributed by atoms with Gasteiger partial charge in [0, 0.05) is 24.1 Å². The fraction of sp³-hybridized carbons (Fsp3) is 0.471. The molecular formula is C34H42BrN5O7. The summed E-state index contributed by atoms with van der Waals surface area (Å²) in [6, 6.07) is 10.9. The number of rotatable bonds is 4. The van der Waals surface area contributed by atoms with Crippen LogP contribution in [0.1, 0.15) is 77.4 Å². The molecule has 3 aliphatic heterocycles. The molecule has 0 spiro atoms. The van der Waals surface area contributed by atoms with E-state index in [1.54, 1.807) is 27.0 Å². The molecule has 3 N–H and O–H groups in total. The number of halogens is 1. The zero-order valence-electron chi connectivity index (χ0n) is 27.6. The van der Waals surface area contributed by atoms with E-state index in [0.29, 0.717) is 31.1 Å². The number of nitrogens with one attached hydrogen (secondary N) is 2. The summed E-state index contributed by atoms with van der Waals surface area (Å²) >= 11 is 3.45. The van der Waals surface area contributed by atoms with Gasteiger partial charge in [0.1, 0.15) is 17.5 Å². The molecule has 2 unspecified atom stereocenters. The minimum atomic E-state index is -0.895. The van der Waals surface area contributed by atoms with Crippen LogP contribution in [0.5, 0.6) is 11.5 Å². The highest BCUT2D eigenvalue weighted by molar-refractivity contribution is 9.10. The molecule has 4 heterocycles. The minimum absolute atomic E-state index is 0.118. The summed E-state index contributed by atoms with van der Waals surface area (Å²) in [5, 5.41) is 11.7. The Bertz CT molecular complexity index is 1590. The Kier molecular flexibility index (Phi) is 9.76. The first kappa shape index (κ1) is 34.1. The standard InChI is InChI=1S/C24H33BrN4O3.C10H9NO4/c1-23(2,3)19(28-22(31)32-24(4,5)6)21(30)29-13-7-8-18(29)20-26-14-17(27-20)15-9-11-16(25)12-10-15;12-10(13)11-3-6-1-8-9(15-5-14-8)2-7(6)4-11/h9-12,14,18-19H,7-8,13H2,1-6H3,(H,26,27)(H,28,31);1-2H,3-5H2,(H,12,13). The van der Waals surface area contributed by atoms with E-state index in [4.69, 9.17) is 19.3 Å². The van der Waals surface area contributed by atoms with Crippen LogP contribution in [0.4, 0.5) is 9.59 Å². The molecule has 2 atom stereocenters. The highest BCUT2D eigenvalue weighted by atomic mass is 79.9. The predicted octanol–water partition coefficient (Wildman–Crippen LogP) is 6.85. The molecule has 0 radical (unpaired) electrons. The summed E-state index contributed by atoms with van der Waals surface area (Å²) in [6.45, 7) is 13.0. The molecule has 1 fully saturated rings. The summed E-state index contributed by atoms with van der Waals surface area (Å²) in [5.41, 5.74) is 2.83. The van der Waals surface area contributed by atoms with Crippen molar-refractivity contribution in [3.8, 4) is 22.8 Å². The van der Waals surface area contributed by atoms with Crippen LogP contribution in [-0.4, -0.2) is 67.9 Å². The molecule has 1 aromatic heterocycles. The second-order valence-electron chi connectivity index (χ2n) is 13.9. The lowest BCUT2D eigenvalue weighted by Crippen LogP contribution is -2.55. The average molecular weight is 713 g/mol. The van der Waals surface area contributed by atoms with Crippen molar-refractivity contribution in [1.29, 1.82) is 0 Å². The second kappa shape index (κ2) is 13.5. The number of carboxylic acid groups (broad SMARTS) is 1. The van der Waals surface area contributed by atoms with Gasteiger partial charge in [0.25, 0.3) is 0 Å². The van der Waals surface area contributed by atoms with Crippen LogP contribution in [0.15, 0.2) is 47.1 Å². The lowest BCUT2D eigenvalue weighted by molar-refractivity contribution is -0.137. The highest BCUT2D eigenvalue weighted by Gasteiger charge is 2.41. The first-order valence-electron chi connectivity index (χ1n) is 15.6.